The lowest BCUT2D eigenvalue weighted by atomic mass is 9.76. The minimum absolute atomic E-state index is 0.0645. The van der Waals surface area contributed by atoms with Gasteiger partial charge in [0.25, 0.3) is 0 Å². The zero-order chi connectivity index (χ0) is 54.9. The van der Waals surface area contributed by atoms with Gasteiger partial charge in [-0.05, 0) is 45.3 Å². The number of aliphatic carboxylic acids is 1. The molecular weight excluding hydrogens is 946 g/mol. The van der Waals surface area contributed by atoms with Crippen LogP contribution in [-0.2, 0) is 67.5 Å². The number of halogens is 1. The molecule has 18 heteroatoms. The quantitative estimate of drug-likeness (QED) is 0.0452. The van der Waals surface area contributed by atoms with Crippen molar-refractivity contribution in [3.8, 4) is 0 Å². The molecule has 3 aromatic rings. The molecule has 0 spiro atoms. The van der Waals surface area contributed by atoms with Gasteiger partial charge >= 0.3 is 36.3 Å². The summed E-state index contributed by atoms with van der Waals surface area (Å²) >= 11 is 0. The Morgan fingerprint density at radius 2 is 0.877 bits per heavy atom. The van der Waals surface area contributed by atoms with Crippen molar-refractivity contribution in [1.29, 1.82) is 0 Å². The van der Waals surface area contributed by atoms with Gasteiger partial charge in [0.15, 0.2) is 5.78 Å². The van der Waals surface area contributed by atoms with Gasteiger partial charge in [-0.3, -0.25) is 19.2 Å². The van der Waals surface area contributed by atoms with E-state index >= 15 is 0 Å². The molecule has 398 valence electrons. The maximum atomic E-state index is 12.6. The van der Waals surface area contributed by atoms with E-state index in [0.29, 0.717) is 31.4 Å². The zero-order valence-corrected chi connectivity index (χ0v) is 43.5. The SMILES string of the molecule is CC(C)[C@H](NC(=O)OCc1ccccc1)C(=O)F.CC(C)[C@H](NC(=O)OCc1ccccc1)C(=O)O.CC(C)[C@H](NC(=O)OCc1ccccc1)C(=O)OC1=CC(=O)CC(C)(C)C1.CC1(C)CC(=O)CC(=O)C1. The van der Waals surface area contributed by atoms with Crippen LogP contribution in [0.15, 0.2) is 103 Å². The van der Waals surface area contributed by atoms with E-state index in [1.807, 2.05) is 107 Å². The molecule has 0 aromatic heterocycles. The van der Waals surface area contributed by atoms with Gasteiger partial charge in [0, 0.05) is 31.8 Å². The Labute approximate surface area is 427 Å². The second-order valence-electron chi connectivity index (χ2n) is 20.2. The third-order valence-corrected chi connectivity index (χ3v) is 10.8. The van der Waals surface area contributed by atoms with E-state index in [1.165, 1.54) is 6.08 Å². The van der Waals surface area contributed by atoms with Gasteiger partial charge in [-0.1, -0.05) is 160 Å². The topological polar surface area (TPSA) is 247 Å². The van der Waals surface area contributed by atoms with Crippen molar-refractivity contribution < 1.29 is 71.6 Å². The summed E-state index contributed by atoms with van der Waals surface area (Å²) in [7, 11) is 0. The number of ketones is 3. The molecular formula is C55H72FN3O14. The molecule has 1 fully saturated rings. The lowest BCUT2D eigenvalue weighted by molar-refractivity contribution is -0.144. The number of benzene rings is 3. The van der Waals surface area contributed by atoms with Crippen LogP contribution in [0.4, 0.5) is 18.8 Å². The molecule has 0 radical (unpaired) electrons. The first kappa shape index (κ1) is 61.9. The van der Waals surface area contributed by atoms with Gasteiger partial charge in [-0.15, -0.1) is 0 Å². The average molecular weight is 1020 g/mol. The van der Waals surface area contributed by atoms with Crippen molar-refractivity contribution in [2.75, 3.05) is 0 Å². The summed E-state index contributed by atoms with van der Waals surface area (Å²) in [6.07, 6.45) is 1.38. The Kier molecular flexibility index (Phi) is 25.9. The number of ether oxygens (including phenoxy) is 4. The third-order valence-electron chi connectivity index (χ3n) is 10.8. The highest BCUT2D eigenvalue weighted by Gasteiger charge is 2.34. The van der Waals surface area contributed by atoms with E-state index in [2.05, 4.69) is 16.0 Å². The van der Waals surface area contributed by atoms with Crippen LogP contribution in [0.1, 0.15) is 118 Å². The summed E-state index contributed by atoms with van der Waals surface area (Å²) in [6, 6.07) is 23.0. The molecule has 17 nitrogen and oxygen atoms in total. The van der Waals surface area contributed by atoms with Crippen LogP contribution < -0.4 is 16.0 Å². The Morgan fingerprint density at radius 1 is 0.534 bits per heavy atom. The third kappa shape index (κ3) is 25.6. The number of allylic oxidation sites excluding steroid dienone is 2. The fraction of sp³-hybridized carbons (Fsp3) is 0.473. The average Bonchev–Trinajstić information content (AvgIpc) is 3.29. The monoisotopic (exact) mass is 1020 g/mol. The molecule has 0 unspecified atom stereocenters. The first-order valence-electron chi connectivity index (χ1n) is 24.0. The van der Waals surface area contributed by atoms with E-state index in [1.54, 1.807) is 53.7 Å². The summed E-state index contributed by atoms with van der Waals surface area (Å²) in [5.41, 5.74) is 2.19. The number of carboxylic acid groups (broad SMARTS) is 1. The zero-order valence-electron chi connectivity index (χ0n) is 43.5. The summed E-state index contributed by atoms with van der Waals surface area (Å²) < 4.78 is 33.1. The molecule has 1 saturated carbocycles. The number of hydrogen-bond acceptors (Lipinski definition) is 13. The Hall–Kier alpha value is -7.24. The number of amides is 3. The van der Waals surface area contributed by atoms with Gasteiger partial charge in [0.1, 0.15) is 55.3 Å². The number of alkyl carbamates (subject to hydrolysis) is 3. The molecule has 3 aromatic carbocycles. The standard InChI is InChI=1S/C21H27NO5.C13H16FNO3.C13H17NO4.C8H12O2/c1-14(2)18(22-20(25)26-13-15-8-6-5-7-9-15)19(24)27-17-10-16(23)11-21(3,4)12-17;1-9(2)11(12(14)16)15-13(17)18-8-10-6-4-3-5-7-10;1-9(2)11(12(15)16)14-13(17)18-8-10-6-4-3-5-7-10;1-8(2)4-6(9)3-7(10)5-8/h5-10,14,18H,11-13H2,1-4H3,(H,22,25);3-7,9,11H,8H2,1-2H3,(H,15,17);3-7,9,11H,8H2,1-2H3,(H,14,17)(H,15,16);3-5H2,1-2H3/t18-;2*11-;/m000./s1. The summed E-state index contributed by atoms with van der Waals surface area (Å²) in [5, 5.41) is 16.0. The molecule has 0 aliphatic heterocycles. The molecule has 73 heavy (non-hydrogen) atoms. The highest BCUT2D eigenvalue weighted by Crippen LogP contribution is 2.34. The van der Waals surface area contributed by atoms with Gasteiger partial charge < -0.3 is 40.0 Å². The first-order valence-corrected chi connectivity index (χ1v) is 24.0. The number of hydrogen-bond donors (Lipinski definition) is 4. The van der Waals surface area contributed by atoms with Gasteiger partial charge in [-0.2, -0.15) is 4.39 Å². The van der Waals surface area contributed by atoms with Gasteiger partial charge in [-0.25, -0.2) is 24.0 Å². The number of esters is 1. The normalized spacial score (nSPS) is 15.6. The molecule has 4 N–H and O–H groups in total. The Bertz CT molecular complexity index is 2240. The highest BCUT2D eigenvalue weighted by molar-refractivity contribution is 6.02. The van der Waals surface area contributed by atoms with Crippen LogP contribution in [0.5, 0.6) is 0 Å². The molecule has 0 saturated heterocycles. The number of rotatable bonds is 16. The lowest BCUT2D eigenvalue weighted by Gasteiger charge is -2.29. The predicted molar refractivity (Wildman–Crippen MR) is 269 cm³/mol. The van der Waals surface area contributed by atoms with E-state index in [4.69, 9.17) is 24.1 Å². The van der Waals surface area contributed by atoms with E-state index in [-0.39, 0.29) is 72.2 Å². The highest BCUT2D eigenvalue weighted by atomic mass is 19.1. The van der Waals surface area contributed by atoms with Crippen molar-refractivity contribution in [2.24, 2.45) is 28.6 Å². The number of carbonyl (C=O) groups is 9. The van der Waals surface area contributed by atoms with Crippen molar-refractivity contribution >= 4 is 53.6 Å². The number of nitrogens with one attached hydrogen (secondary N) is 3. The van der Waals surface area contributed by atoms with Crippen LogP contribution in [0.3, 0.4) is 0 Å². The van der Waals surface area contributed by atoms with Crippen LogP contribution in [0.2, 0.25) is 0 Å². The van der Waals surface area contributed by atoms with Crippen LogP contribution in [0.25, 0.3) is 0 Å². The predicted octanol–water partition coefficient (Wildman–Crippen LogP) is 9.54. The fourth-order valence-corrected chi connectivity index (χ4v) is 7.19. The maximum absolute atomic E-state index is 12.6. The summed E-state index contributed by atoms with van der Waals surface area (Å²) in [4.78, 5) is 103. The maximum Gasteiger partial charge on any atom is 0.408 e. The second-order valence-corrected chi connectivity index (χ2v) is 20.2. The lowest BCUT2D eigenvalue weighted by Crippen LogP contribution is -2.45. The van der Waals surface area contributed by atoms with Gasteiger partial charge in [0.05, 0.1) is 6.42 Å². The first-order chi connectivity index (χ1) is 34.2. The Morgan fingerprint density at radius 3 is 1.19 bits per heavy atom. The molecule has 2 aliphatic rings. The van der Waals surface area contributed by atoms with Crippen molar-refractivity contribution in [3.63, 3.8) is 0 Å². The van der Waals surface area contributed by atoms with Crippen molar-refractivity contribution in [1.82, 2.24) is 16.0 Å². The van der Waals surface area contributed by atoms with E-state index in [0.717, 1.165) is 16.7 Å². The summed E-state index contributed by atoms with van der Waals surface area (Å²) in [5.74, 6) is -1.92. The van der Waals surface area contributed by atoms with Crippen molar-refractivity contribution in [3.05, 3.63) is 120 Å². The molecule has 5 rings (SSSR count). The number of Topliss-reactive ketones (excluding diaryl/α,β-unsaturated/α-hetero) is 2. The Balaban J connectivity index is 0.000000351. The molecule has 2 aliphatic carbocycles. The molecule has 0 bridgehead atoms. The largest absolute Gasteiger partial charge is 0.480 e. The number of carbonyl (C=O) groups excluding carboxylic acids is 8. The number of carboxylic acids is 1. The molecule has 3 atom stereocenters. The summed E-state index contributed by atoms with van der Waals surface area (Å²) in [6.45, 7) is 18.4. The van der Waals surface area contributed by atoms with E-state index in [9.17, 15) is 47.5 Å². The smallest absolute Gasteiger partial charge is 0.408 e. The minimum Gasteiger partial charge on any atom is -0.480 e. The van der Waals surface area contributed by atoms with Gasteiger partial charge in [0.2, 0.25) is 0 Å². The minimum atomic E-state index is -1.57. The van der Waals surface area contributed by atoms with E-state index < -0.39 is 54.4 Å². The van der Waals surface area contributed by atoms with Crippen LogP contribution >= 0.6 is 0 Å². The van der Waals surface area contributed by atoms with Crippen molar-refractivity contribution in [2.45, 2.75) is 139 Å². The second kappa shape index (κ2) is 30.6. The van der Waals surface area contributed by atoms with Crippen LogP contribution in [0, 0.1) is 28.6 Å². The molecule has 3 amide bonds. The molecule has 0 heterocycles. The van der Waals surface area contributed by atoms with Crippen LogP contribution in [-0.4, -0.2) is 76.8 Å². The fourth-order valence-electron chi connectivity index (χ4n) is 7.19.